The molecule has 25 heavy (non-hydrogen) atoms. The predicted octanol–water partition coefficient (Wildman–Crippen LogP) is 3.14. The first kappa shape index (κ1) is 24.3. The summed E-state index contributed by atoms with van der Waals surface area (Å²) in [7, 11) is 7.36. The monoisotopic (exact) mass is 372 g/mol. The van der Waals surface area contributed by atoms with E-state index in [-0.39, 0.29) is 18.3 Å². The Balaban J connectivity index is 5.60. The number of ether oxygens (including phenoxy) is 1. The van der Waals surface area contributed by atoms with E-state index in [0.717, 1.165) is 0 Å². The molecule has 0 amide bonds. The highest BCUT2D eigenvalue weighted by Gasteiger charge is 2.36. The molecule has 0 aliphatic carbocycles. The molecular formula is C18H37N4O2P. The fourth-order valence-electron chi connectivity index (χ4n) is 3.17. The van der Waals surface area contributed by atoms with Crippen LogP contribution in [0.3, 0.4) is 0 Å². The number of esters is 1. The molecule has 0 fully saturated rings. The number of hydrogen-bond donors (Lipinski definition) is 0. The summed E-state index contributed by atoms with van der Waals surface area (Å²) in [5, 5.41) is 8.91. The number of hydrogen-bond acceptors (Lipinski definition) is 6. The second-order valence-corrected chi connectivity index (χ2v) is 10.1. The van der Waals surface area contributed by atoms with Gasteiger partial charge in [-0.1, -0.05) is 0 Å². The van der Waals surface area contributed by atoms with Crippen molar-refractivity contribution in [2.24, 2.45) is 0 Å². The molecule has 0 aromatic carbocycles. The molecular weight excluding hydrogens is 335 g/mol. The Morgan fingerprint density at radius 2 is 1.52 bits per heavy atom. The summed E-state index contributed by atoms with van der Waals surface area (Å²) in [5.41, 5.74) is -0.751. The van der Waals surface area contributed by atoms with Crippen molar-refractivity contribution < 1.29 is 9.53 Å². The maximum Gasteiger partial charge on any atom is 0.312 e. The van der Waals surface area contributed by atoms with Crippen LogP contribution in [0.15, 0.2) is 0 Å². The lowest BCUT2D eigenvalue weighted by Crippen LogP contribution is -2.47. The van der Waals surface area contributed by atoms with Gasteiger partial charge in [0, 0.05) is 20.2 Å². The van der Waals surface area contributed by atoms with Gasteiger partial charge < -0.3 is 4.74 Å². The molecule has 0 spiro atoms. The van der Waals surface area contributed by atoms with Crippen LogP contribution >= 0.6 is 8.07 Å². The van der Waals surface area contributed by atoms with Gasteiger partial charge in [-0.3, -0.25) is 19.3 Å². The molecule has 146 valence electrons. The predicted molar refractivity (Wildman–Crippen MR) is 105 cm³/mol. The van der Waals surface area contributed by atoms with Crippen LogP contribution in [0.4, 0.5) is 0 Å². The molecule has 0 aliphatic heterocycles. The zero-order chi connectivity index (χ0) is 19.9. The smallest absolute Gasteiger partial charge is 0.312 e. The number of rotatable bonds is 10. The molecule has 0 aliphatic rings. The van der Waals surface area contributed by atoms with Gasteiger partial charge in [-0.05, 0) is 69.7 Å². The maximum absolute atomic E-state index is 12.7. The molecule has 6 nitrogen and oxygen atoms in total. The molecule has 0 bridgehead atoms. The molecule has 0 saturated heterocycles. The minimum absolute atomic E-state index is 0.131. The summed E-state index contributed by atoms with van der Waals surface area (Å²) >= 11 is 0. The number of nitrogens with zero attached hydrogens (tertiary/aromatic N) is 4. The second-order valence-electron chi connectivity index (χ2n) is 8.01. The van der Waals surface area contributed by atoms with Crippen LogP contribution in [0, 0.1) is 11.3 Å². The SMILES string of the molecule is CC(C)N(C(C)C)P(CC(=O)OC(C)(C)CC#N)C(N(C)C)N(C)C. The molecule has 7 heteroatoms. The van der Waals surface area contributed by atoms with Crippen LogP contribution in [0.2, 0.25) is 0 Å². The standard InChI is InChI=1S/C18H37N4O2P/c1-14(2)22(15(3)4)25(17(20(7)8)21(9)10)13-16(23)24-18(5,6)11-12-19/h14-15,17H,11,13H2,1-10H3. The third-order valence-corrected chi connectivity index (χ3v) is 7.29. The number of carbonyl (C=O) groups excluding carboxylic acids is 1. The van der Waals surface area contributed by atoms with E-state index in [1.54, 1.807) is 13.8 Å². The van der Waals surface area contributed by atoms with Crippen LogP contribution in [0.1, 0.15) is 48.0 Å². The topological polar surface area (TPSA) is 59.8 Å². The van der Waals surface area contributed by atoms with Crippen molar-refractivity contribution in [3.63, 3.8) is 0 Å². The highest BCUT2D eigenvalue weighted by molar-refractivity contribution is 7.56. The lowest BCUT2D eigenvalue weighted by molar-refractivity contribution is -0.152. The van der Waals surface area contributed by atoms with Gasteiger partial charge in [-0.25, -0.2) is 0 Å². The van der Waals surface area contributed by atoms with Gasteiger partial charge in [0.15, 0.2) is 0 Å². The summed E-state index contributed by atoms with van der Waals surface area (Å²) in [4.78, 5) is 17.0. The van der Waals surface area contributed by atoms with E-state index < -0.39 is 13.7 Å². The summed E-state index contributed by atoms with van der Waals surface area (Å²) in [6, 6.07) is 2.74. The molecule has 1 atom stereocenters. The number of carbonyl (C=O) groups is 1. The molecule has 0 heterocycles. The van der Waals surface area contributed by atoms with Gasteiger partial charge in [0.05, 0.1) is 24.6 Å². The molecule has 0 rings (SSSR count). The molecule has 0 aromatic heterocycles. The Morgan fingerprint density at radius 3 is 1.84 bits per heavy atom. The van der Waals surface area contributed by atoms with E-state index in [2.05, 4.69) is 48.2 Å². The Labute approximate surface area is 155 Å². The van der Waals surface area contributed by atoms with Crippen LogP contribution in [0.5, 0.6) is 0 Å². The second kappa shape index (κ2) is 10.4. The zero-order valence-electron chi connectivity index (χ0n) is 17.7. The van der Waals surface area contributed by atoms with Crippen molar-refractivity contribution in [1.82, 2.24) is 14.5 Å². The average molecular weight is 372 g/mol. The normalized spacial score (nSPS) is 14.0. The lowest BCUT2D eigenvalue weighted by Gasteiger charge is -2.46. The van der Waals surface area contributed by atoms with Crippen molar-refractivity contribution in [3.8, 4) is 6.07 Å². The summed E-state index contributed by atoms with van der Waals surface area (Å²) < 4.78 is 8.05. The quantitative estimate of drug-likeness (QED) is 0.334. The molecule has 0 N–H and O–H groups in total. The van der Waals surface area contributed by atoms with Crippen molar-refractivity contribution in [2.75, 3.05) is 34.4 Å². The van der Waals surface area contributed by atoms with E-state index in [0.29, 0.717) is 18.2 Å². The summed E-state index contributed by atoms with van der Waals surface area (Å²) in [6.07, 6.45) is 0.543. The van der Waals surface area contributed by atoms with Crippen molar-refractivity contribution in [2.45, 2.75) is 71.6 Å². The van der Waals surface area contributed by atoms with Crippen LogP contribution in [-0.2, 0) is 9.53 Å². The first-order chi connectivity index (χ1) is 11.3. The summed E-state index contributed by atoms with van der Waals surface area (Å²) in [5.74, 6) is -0.0993. The lowest BCUT2D eigenvalue weighted by atomic mass is 10.1. The molecule has 0 aromatic rings. The van der Waals surface area contributed by atoms with Crippen molar-refractivity contribution in [3.05, 3.63) is 0 Å². The van der Waals surface area contributed by atoms with Crippen LogP contribution < -0.4 is 0 Å². The van der Waals surface area contributed by atoms with E-state index in [1.165, 1.54) is 0 Å². The fourth-order valence-corrected chi connectivity index (χ4v) is 6.31. The van der Waals surface area contributed by atoms with Crippen molar-refractivity contribution in [1.29, 1.82) is 5.26 Å². The van der Waals surface area contributed by atoms with E-state index in [4.69, 9.17) is 10.00 Å². The Morgan fingerprint density at radius 1 is 1.08 bits per heavy atom. The van der Waals surface area contributed by atoms with Gasteiger partial charge >= 0.3 is 5.97 Å². The molecule has 1 unspecified atom stereocenters. The molecule has 0 radical (unpaired) electrons. The van der Waals surface area contributed by atoms with Crippen LogP contribution in [0.25, 0.3) is 0 Å². The fraction of sp³-hybridized carbons (Fsp3) is 0.889. The Hall–Kier alpha value is -0.730. The zero-order valence-corrected chi connectivity index (χ0v) is 18.6. The van der Waals surface area contributed by atoms with Gasteiger partial charge in [0.2, 0.25) is 0 Å². The maximum atomic E-state index is 12.7. The molecule has 0 saturated carbocycles. The number of nitriles is 1. The van der Waals surface area contributed by atoms with E-state index in [9.17, 15) is 4.79 Å². The highest BCUT2D eigenvalue weighted by Crippen LogP contribution is 2.49. The minimum atomic E-state index is -0.819. The third kappa shape index (κ3) is 8.00. The van der Waals surface area contributed by atoms with Crippen molar-refractivity contribution >= 4 is 14.0 Å². The third-order valence-electron chi connectivity index (χ3n) is 3.73. The average Bonchev–Trinajstić information content (AvgIpc) is 2.34. The minimum Gasteiger partial charge on any atom is -0.458 e. The van der Waals surface area contributed by atoms with Gasteiger partial charge in [-0.15, -0.1) is 0 Å². The van der Waals surface area contributed by atoms with E-state index in [1.807, 2.05) is 28.2 Å². The largest absolute Gasteiger partial charge is 0.458 e. The van der Waals surface area contributed by atoms with Gasteiger partial charge in [0.25, 0.3) is 0 Å². The van der Waals surface area contributed by atoms with Gasteiger partial charge in [-0.2, -0.15) is 5.26 Å². The summed E-state index contributed by atoms with van der Waals surface area (Å²) in [6.45, 7) is 12.2. The Kier molecular flexibility index (Phi) is 10.1. The first-order valence-electron chi connectivity index (χ1n) is 8.80. The van der Waals surface area contributed by atoms with E-state index >= 15 is 0 Å². The van der Waals surface area contributed by atoms with Gasteiger partial charge in [0.1, 0.15) is 5.60 Å². The van der Waals surface area contributed by atoms with Crippen LogP contribution in [-0.4, -0.2) is 78.4 Å². The highest BCUT2D eigenvalue weighted by atomic mass is 31.1. The Bertz CT molecular complexity index is 422. The first-order valence-corrected chi connectivity index (χ1v) is 10.4.